The van der Waals surface area contributed by atoms with Crippen molar-refractivity contribution in [2.24, 2.45) is 0 Å². The number of nitrogens with zero attached hydrogens (tertiary/aromatic N) is 1. The molecule has 1 aliphatic rings. The first-order chi connectivity index (χ1) is 5.90. The molecule has 1 N–H and O–H groups in total. The lowest BCUT2D eigenvalue weighted by molar-refractivity contribution is 0.0172. The van der Waals surface area contributed by atoms with E-state index in [9.17, 15) is 0 Å². The summed E-state index contributed by atoms with van der Waals surface area (Å²) in [6.45, 7) is 8.92. The fourth-order valence-electron chi connectivity index (χ4n) is 2.48. The summed E-state index contributed by atoms with van der Waals surface area (Å²) in [6, 6.07) is 0. The molecule has 0 radical (unpaired) electrons. The van der Waals surface area contributed by atoms with Gasteiger partial charge in [-0.05, 0) is 47.0 Å². The third-order valence-corrected chi connectivity index (χ3v) is 3.10. The van der Waals surface area contributed by atoms with Crippen LogP contribution in [0.4, 0.5) is 0 Å². The Morgan fingerprint density at radius 1 is 1.08 bits per heavy atom. The summed E-state index contributed by atoms with van der Waals surface area (Å²) < 4.78 is 0. The minimum absolute atomic E-state index is 0.168. The predicted molar refractivity (Wildman–Crippen MR) is 55.6 cm³/mol. The lowest BCUT2D eigenvalue weighted by atomic mass is 9.80. The second-order valence-electron chi connectivity index (χ2n) is 5.15. The van der Waals surface area contributed by atoms with Gasteiger partial charge in [-0.15, -0.1) is 0 Å². The number of aliphatic hydroxyl groups is 1. The monoisotopic (exact) mass is 183 g/mol. The summed E-state index contributed by atoms with van der Waals surface area (Å²) in [5, 5.41) is 8.86. The smallest absolute Gasteiger partial charge is 0.0950 e. The molecule has 1 aliphatic heterocycles. The topological polar surface area (TPSA) is 23.5 Å². The van der Waals surface area contributed by atoms with Gasteiger partial charge in [0.15, 0.2) is 0 Å². The SMILES string of the molecule is CC1(C)CCCC(C)(C)N1C=CO. The highest BCUT2D eigenvalue weighted by Gasteiger charge is 2.38. The molecule has 0 aromatic heterocycles. The number of likely N-dealkylation sites (tertiary alicyclic amines) is 1. The summed E-state index contributed by atoms with van der Waals surface area (Å²) in [6.07, 6.45) is 6.62. The van der Waals surface area contributed by atoms with Gasteiger partial charge in [-0.25, -0.2) is 0 Å². The van der Waals surface area contributed by atoms with Gasteiger partial charge in [0, 0.05) is 17.3 Å². The van der Waals surface area contributed by atoms with Crippen molar-refractivity contribution in [1.82, 2.24) is 4.90 Å². The van der Waals surface area contributed by atoms with E-state index in [1.54, 1.807) is 6.20 Å². The van der Waals surface area contributed by atoms with Crippen molar-refractivity contribution in [2.45, 2.75) is 58.0 Å². The van der Waals surface area contributed by atoms with Gasteiger partial charge in [-0.3, -0.25) is 0 Å². The van der Waals surface area contributed by atoms with Crippen LogP contribution >= 0.6 is 0 Å². The molecule has 0 saturated carbocycles. The number of rotatable bonds is 1. The van der Waals surface area contributed by atoms with Crippen molar-refractivity contribution in [2.75, 3.05) is 0 Å². The van der Waals surface area contributed by atoms with Crippen LogP contribution in [0.5, 0.6) is 0 Å². The lowest BCUT2D eigenvalue weighted by Crippen LogP contribution is -2.55. The van der Waals surface area contributed by atoms with Crippen molar-refractivity contribution in [1.29, 1.82) is 0 Å². The second kappa shape index (κ2) is 3.24. The number of hydrogen-bond acceptors (Lipinski definition) is 2. The van der Waals surface area contributed by atoms with Gasteiger partial charge < -0.3 is 10.0 Å². The van der Waals surface area contributed by atoms with Crippen molar-refractivity contribution in [3.05, 3.63) is 12.5 Å². The minimum Gasteiger partial charge on any atom is -0.514 e. The van der Waals surface area contributed by atoms with Gasteiger partial charge in [-0.2, -0.15) is 0 Å². The van der Waals surface area contributed by atoms with Gasteiger partial charge in [0.1, 0.15) is 0 Å². The van der Waals surface area contributed by atoms with Gasteiger partial charge in [0.05, 0.1) is 6.26 Å². The average Bonchev–Trinajstić information content (AvgIpc) is 1.96. The van der Waals surface area contributed by atoms with Gasteiger partial charge in [0.2, 0.25) is 0 Å². The maximum Gasteiger partial charge on any atom is 0.0950 e. The van der Waals surface area contributed by atoms with Crippen LogP contribution in [0, 0.1) is 0 Å². The zero-order valence-electron chi connectivity index (χ0n) is 9.17. The van der Waals surface area contributed by atoms with E-state index in [-0.39, 0.29) is 11.1 Å². The molecule has 0 aliphatic carbocycles. The van der Waals surface area contributed by atoms with Crippen LogP contribution in [0.15, 0.2) is 12.5 Å². The molecule has 1 rings (SSSR count). The first kappa shape index (κ1) is 10.4. The Hall–Kier alpha value is -0.660. The van der Waals surface area contributed by atoms with E-state index in [1.807, 2.05) is 0 Å². The average molecular weight is 183 g/mol. The summed E-state index contributed by atoms with van der Waals surface area (Å²) in [5.74, 6) is 0. The first-order valence-corrected chi connectivity index (χ1v) is 5.00. The summed E-state index contributed by atoms with van der Waals surface area (Å²) in [7, 11) is 0. The lowest BCUT2D eigenvalue weighted by Gasteiger charge is -2.52. The van der Waals surface area contributed by atoms with E-state index >= 15 is 0 Å². The molecule has 0 bridgehead atoms. The Morgan fingerprint density at radius 2 is 1.54 bits per heavy atom. The molecule has 0 aromatic rings. The highest BCUT2D eigenvalue weighted by atomic mass is 16.2. The van der Waals surface area contributed by atoms with Gasteiger partial charge >= 0.3 is 0 Å². The van der Waals surface area contributed by atoms with Crippen molar-refractivity contribution in [3.63, 3.8) is 0 Å². The third-order valence-electron chi connectivity index (χ3n) is 3.10. The molecule has 0 spiro atoms. The zero-order chi connectivity index (χ0) is 10.1. The van der Waals surface area contributed by atoms with Crippen molar-refractivity contribution in [3.8, 4) is 0 Å². The second-order valence-corrected chi connectivity index (χ2v) is 5.15. The molecule has 13 heavy (non-hydrogen) atoms. The molecular formula is C11H21NO. The largest absolute Gasteiger partial charge is 0.514 e. The third kappa shape index (κ3) is 1.98. The quantitative estimate of drug-likeness (QED) is 0.631. The van der Waals surface area contributed by atoms with Gasteiger partial charge in [-0.1, -0.05) is 0 Å². The Labute approximate surface area is 81.2 Å². The van der Waals surface area contributed by atoms with Crippen molar-refractivity contribution < 1.29 is 5.11 Å². The summed E-state index contributed by atoms with van der Waals surface area (Å²) in [5.41, 5.74) is 0.335. The molecule has 0 atom stereocenters. The van der Waals surface area contributed by atoms with Crippen LogP contribution in [0.1, 0.15) is 47.0 Å². The van der Waals surface area contributed by atoms with Crippen LogP contribution in [-0.2, 0) is 0 Å². The normalized spacial score (nSPS) is 26.6. The number of aliphatic hydroxyl groups excluding tert-OH is 1. The molecule has 2 nitrogen and oxygen atoms in total. The molecule has 2 heteroatoms. The van der Waals surface area contributed by atoms with Crippen LogP contribution in [-0.4, -0.2) is 21.1 Å². The Kier molecular flexibility index (Phi) is 2.60. The van der Waals surface area contributed by atoms with Crippen LogP contribution in [0.25, 0.3) is 0 Å². The zero-order valence-corrected chi connectivity index (χ0v) is 9.17. The van der Waals surface area contributed by atoms with E-state index in [4.69, 9.17) is 5.11 Å². The Morgan fingerprint density at radius 3 is 1.92 bits per heavy atom. The molecule has 1 saturated heterocycles. The molecule has 0 amide bonds. The number of piperidine rings is 1. The summed E-state index contributed by atoms with van der Waals surface area (Å²) in [4.78, 5) is 2.27. The molecule has 0 aromatic carbocycles. The molecule has 1 fully saturated rings. The highest BCUT2D eigenvalue weighted by Crippen LogP contribution is 2.38. The highest BCUT2D eigenvalue weighted by molar-refractivity contribution is 5.01. The van der Waals surface area contributed by atoms with Crippen LogP contribution in [0.3, 0.4) is 0 Å². The van der Waals surface area contributed by atoms with Crippen LogP contribution in [0.2, 0.25) is 0 Å². The van der Waals surface area contributed by atoms with E-state index in [0.29, 0.717) is 0 Å². The van der Waals surface area contributed by atoms with Gasteiger partial charge in [0.25, 0.3) is 0 Å². The molecule has 76 valence electrons. The maximum atomic E-state index is 8.86. The predicted octanol–water partition coefficient (Wildman–Crippen LogP) is 3.06. The molecular weight excluding hydrogens is 162 g/mol. The summed E-state index contributed by atoms with van der Waals surface area (Å²) >= 11 is 0. The molecule has 0 unspecified atom stereocenters. The van der Waals surface area contributed by atoms with Crippen LogP contribution < -0.4 is 0 Å². The Bertz CT molecular complexity index is 190. The number of hydrogen-bond donors (Lipinski definition) is 1. The fraction of sp³-hybridized carbons (Fsp3) is 0.818. The van der Waals surface area contributed by atoms with E-state index in [2.05, 4.69) is 32.6 Å². The Balaban J connectivity index is 2.90. The van der Waals surface area contributed by atoms with E-state index < -0.39 is 0 Å². The van der Waals surface area contributed by atoms with E-state index in [0.717, 1.165) is 6.26 Å². The maximum absolute atomic E-state index is 8.86. The van der Waals surface area contributed by atoms with E-state index in [1.165, 1.54) is 19.3 Å². The standard InChI is InChI=1S/C11H21NO/c1-10(2)6-5-7-11(3,4)12(10)8-9-13/h8-9,13H,5-7H2,1-4H3. The van der Waals surface area contributed by atoms with Crippen molar-refractivity contribution >= 4 is 0 Å². The fourth-order valence-corrected chi connectivity index (χ4v) is 2.48. The minimum atomic E-state index is 0.168. The first-order valence-electron chi connectivity index (χ1n) is 5.00. The molecule has 1 heterocycles.